The largest absolute Gasteiger partial charge is 0.493 e. The van der Waals surface area contributed by atoms with Crippen LogP contribution >= 0.6 is 0 Å². The lowest BCUT2D eigenvalue weighted by atomic mass is 10.2. The summed E-state index contributed by atoms with van der Waals surface area (Å²) in [5, 5.41) is 9.02. The highest BCUT2D eigenvalue weighted by Crippen LogP contribution is 2.27. The summed E-state index contributed by atoms with van der Waals surface area (Å²) in [5.74, 6) is 1.45. The minimum absolute atomic E-state index is 0.0684. The van der Waals surface area contributed by atoms with E-state index in [4.69, 9.17) is 14.6 Å². The molecule has 1 aromatic carbocycles. The Labute approximate surface area is 106 Å². The lowest BCUT2D eigenvalue weighted by molar-refractivity contribution is 0.282. The van der Waals surface area contributed by atoms with Crippen molar-refractivity contribution in [1.82, 2.24) is 4.57 Å². The molecule has 4 heteroatoms. The Morgan fingerprint density at radius 1 is 1.06 bits per heavy atom. The Morgan fingerprint density at radius 3 is 2.44 bits per heavy atom. The van der Waals surface area contributed by atoms with Gasteiger partial charge in [0.2, 0.25) is 0 Å². The molecule has 0 atom stereocenters. The minimum Gasteiger partial charge on any atom is -0.493 e. The van der Waals surface area contributed by atoms with Gasteiger partial charge in [-0.15, -0.1) is 0 Å². The summed E-state index contributed by atoms with van der Waals surface area (Å²) in [6.07, 6.45) is 3.87. The Morgan fingerprint density at radius 2 is 1.83 bits per heavy atom. The van der Waals surface area contributed by atoms with Gasteiger partial charge in [-0.2, -0.15) is 0 Å². The topological polar surface area (TPSA) is 43.6 Å². The molecule has 0 aliphatic rings. The summed E-state index contributed by atoms with van der Waals surface area (Å²) in [6.45, 7) is 0.805. The zero-order valence-corrected chi connectivity index (χ0v) is 10.6. The fraction of sp³-hybridized carbons (Fsp3) is 0.286. The molecule has 96 valence electrons. The standard InChI is InChI=1S/C14H17NO3/c1-17-13-4-3-11(7-14(13)18-2)8-15-6-5-12(9-15)10-16/h3-7,9,16H,8,10H2,1-2H3. The molecule has 1 heterocycles. The van der Waals surface area contributed by atoms with E-state index in [1.807, 2.05) is 41.2 Å². The lowest BCUT2D eigenvalue weighted by Gasteiger charge is -2.10. The zero-order valence-electron chi connectivity index (χ0n) is 10.6. The second-order valence-electron chi connectivity index (χ2n) is 4.04. The monoisotopic (exact) mass is 247 g/mol. The highest BCUT2D eigenvalue weighted by atomic mass is 16.5. The van der Waals surface area contributed by atoms with Gasteiger partial charge in [-0.3, -0.25) is 0 Å². The quantitative estimate of drug-likeness (QED) is 0.879. The molecule has 18 heavy (non-hydrogen) atoms. The molecule has 0 saturated carbocycles. The van der Waals surface area contributed by atoms with Crippen molar-refractivity contribution in [3.63, 3.8) is 0 Å². The summed E-state index contributed by atoms with van der Waals surface area (Å²) in [4.78, 5) is 0. The maximum absolute atomic E-state index is 9.02. The molecule has 1 aromatic heterocycles. The van der Waals surface area contributed by atoms with E-state index >= 15 is 0 Å². The maximum Gasteiger partial charge on any atom is 0.161 e. The predicted octanol–water partition coefficient (Wildman–Crippen LogP) is 2.05. The van der Waals surface area contributed by atoms with Gasteiger partial charge in [0.05, 0.1) is 20.8 Å². The number of nitrogens with zero attached hydrogens (tertiary/aromatic N) is 1. The first kappa shape index (κ1) is 12.5. The van der Waals surface area contributed by atoms with Gasteiger partial charge in [-0.1, -0.05) is 6.07 Å². The van der Waals surface area contributed by atoms with Gasteiger partial charge in [-0.25, -0.2) is 0 Å². The van der Waals surface area contributed by atoms with Crippen molar-refractivity contribution >= 4 is 0 Å². The van der Waals surface area contributed by atoms with E-state index in [9.17, 15) is 0 Å². The van der Waals surface area contributed by atoms with E-state index in [0.29, 0.717) is 0 Å². The van der Waals surface area contributed by atoms with E-state index < -0.39 is 0 Å². The van der Waals surface area contributed by atoms with Crippen LogP contribution in [0, 0.1) is 0 Å². The highest BCUT2D eigenvalue weighted by Gasteiger charge is 2.05. The number of ether oxygens (including phenoxy) is 2. The van der Waals surface area contributed by atoms with E-state index in [-0.39, 0.29) is 6.61 Å². The minimum atomic E-state index is 0.0684. The Balaban J connectivity index is 2.18. The molecule has 0 unspecified atom stereocenters. The van der Waals surface area contributed by atoms with Crippen LogP contribution in [0.2, 0.25) is 0 Å². The smallest absolute Gasteiger partial charge is 0.161 e. The van der Waals surface area contributed by atoms with Gasteiger partial charge < -0.3 is 19.1 Å². The fourth-order valence-electron chi connectivity index (χ4n) is 1.87. The van der Waals surface area contributed by atoms with Gasteiger partial charge in [0.1, 0.15) is 0 Å². The number of aromatic nitrogens is 1. The normalized spacial score (nSPS) is 10.4. The molecular weight excluding hydrogens is 230 g/mol. The predicted molar refractivity (Wildman–Crippen MR) is 69.0 cm³/mol. The summed E-state index contributed by atoms with van der Waals surface area (Å²) in [7, 11) is 3.25. The zero-order chi connectivity index (χ0) is 13.0. The van der Waals surface area contributed by atoms with E-state index in [1.54, 1.807) is 14.2 Å². The lowest BCUT2D eigenvalue weighted by Crippen LogP contribution is -1.98. The van der Waals surface area contributed by atoms with Crippen LogP contribution in [0.4, 0.5) is 0 Å². The molecule has 0 aliphatic carbocycles. The molecule has 4 nitrogen and oxygen atoms in total. The van der Waals surface area contributed by atoms with Gasteiger partial charge in [0, 0.05) is 18.9 Å². The van der Waals surface area contributed by atoms with Crippen molar-refractivity contribution in [2.24, 2.45) is 0 Å². The maximum atomic E-state index is 9.02. The number of rotatable bonds is 5. The molecule has 0 bridgehead atoms. The third-order valence-electron chi connectivity index (χ3n) is 2.81. The molecule has 0 amide bonds. The average Bonchev–Trinajstić information content (AvgIpc) is 2.86. The first-order chi connectivity index (χ1) is 8.76. The van der Waals surface area contributed by atoms with E-state index in [1.165, 1.54) is 0 Å². The second-order valence-corrected chi connectivity index (χ2v) is 4.04. The molecule has 0 saturated heterocycles. The number of methoxy groups -OCH3 is 2. The molecule has 2 aromatic rings. The molecule has 0 spiro atoms. The fourth-order valence-corrected chi connectivity index (χ4v) is 1.87. The third kappa shape index (κ3) is 2.65. The summed E-state index contributed by atoms with van der Waals surface area (Å²) in [6, 6.07) is 7.75. The molecule has 2 rings (SSSR count). The van der Waals surface area contributed by atoms with Crippen molar-refractivity contribution in [3.8, 4) is 11.5 Å². The van der Waals surface area contributed by atoms with Gasteiger partial charge in [0.25, 0.3) is 0 Å². The molecule has 0 radical (unpaired) electrons. The summed E-state index contributed by atoms with van der Waals surface area (Å²) in [5.41, 5.74) is 2.03. The third-order valence-corrected chi connectivity index (χ3v) is 2.81. The first-order valence-corrected chi connectivity index (χ1v) is 5.73. The highest BCUT2D eigenvalue weighted by molar-refractivity contribution is 5.43. The number of hydrogen-bond acceptors (Lipinski definition) is 3. The van der Waals surface area contributed by atoms with Crippen LogP contribution in [0.1, 0.15) is 11.1 Å². The Hall–Kier alpha value is -1.94. The van der Waals surface area contributed by atoms with Crippen molar-refractivity contribution in [2.45, 2.75) is 13.2 Å². The van der Waals surface area contributed by atoms with E-state index in [0.717, 1.165) is 29.2 Å². The summed E-state index contributed by atoms with van der Waals surface area (Å²) < 4.78 is 12.5. The van der Waals surface area contributed by atoms with Gasteiger partial charge >= 0.3 is 0 Å². The van der Waals surface area contributed by atoms with Gasteiger partial charge in [0.15, 0.2) is 11.5 Å². The van der Waals surface area contributed by atoms with Crippen LogP contribution in [0.25, 0.3) is 0 Å². The number of aliphatic hydroxyl groups excluding tert-OH is 1. The second kappa shape index (κ2) is 5.60. The van der Waals surface area contributed by atoms with Crippen molar-refractivity contribution in [2.75, 3.05) is 14.2 Å². The number of hydrogen-bond donors (Lipinski definition) is 1. The number of benzene rings is 1. The SMILES string of the molecule is COc1ccc(Cn2ccc(CO)c2)cc1OC. The molecule has 0 aliphatic heterocycles. The van der Waals surface area contributed by atoms with Crippen molar-refractivity contribution in [1.29, 1.82) is 0 Å². The average molecular weight is 247 g/mol. The van der Waals surface area contributed by atoms with Crippen molar-refractivity contribution in [3.05, 3.63) is 47.8 Å². The van der Waals surface area contributed by atoms with Crippen LogP contribution < -0.4 is 9.47 Å². The summed E-state index contributed by atoms with van der Waals surface area (Å²) >= 11 is 0. The van der Waals surface area contributed by atoms with Crippen LogP contribution in [0.3, 0.4) is 0 Å². The van der Waals surface area contributed by atoms with Crippen LogP contribution in [-0.2, 0) is 13.2 Å². The van der Waals surface area contributed by atoms with Crippen LogP contribution in [-0.4, -0.2) is 23.9 Å². The van der Waals surface area contributed by atoms with Crippen LogP contribution in [0.15, 0.2) is 36.7 Å². The Bertz CT molecular complexity index is 520. The number of aliphatic hydroxyl groups is 1. The van der Waals surface area contributed by atoms with Crippen LogP contribution in [0.5, 0.6) is 11.5 Å². The molecule has 1 N–H and O–H groups in total. The Kier molecular flexibility index (Phi) is 3.89. The molecule has 0 fully saturated rings. The first-order valence-electron chi connectivity index (χ1n) is 5.73. The molecular formula is C14H17NO3. The van der Waals surface area contributed by atoms with E-state index in [2.05, 4.69) is 0 Å². The van der Waals surface area contributed by atoms with Gasteiger partial charge in [-0.05, 0) is 29.3 Å². The van der Waals surface area contributed by atoms with Crippen molar-refractivity contribution < 1.29 is 14.6 Å².